The zero-order chi connectivity index (χ0) is 15.2. The number of likely N-dealkylation sites (tertiary alicyclic amines) is 1. The lowest BCUT2D eigenvalue weighted by Gasteiger charge is -2.26. The van der Waals surface area contributed by atoms with Crippen molar-refractivity contribution in [2.45, 2.75) is 38.1 Å². The Bertz CT molecular complexity index is 310. The topological polar surface area (TPSA) is 61.6 Å². The molecular weight excluding hydrogens is 252 g/mol. The van der Waals surface area contributed by atoms with Gasteiger partial charge in [-0.25, -0.2) is 0 Å². The van der Waals surface area contributed by atoms with Crippen LogP contribution < -0.4 is 11.1 Å². The molecule has 0 spiro atoms. The average Bonchev–Trinajstić information content (AvgIpc) is 2.79. The molecule has 2 atom stereocenters. The zero-order valence-electron chi connectivity index (χ0n) is 13.6. The van der Waals surface area contributed by atoms with Gasteiger partial charge in [0.15, 0.2) is 0 Å². The molecule has 1 fully saturated rings. The van der Waals surface area contributed by atoms with Gasteiger partial charge in [-0.1, -0.05) is 0 Å². The fraction of sp³-hybridized carbons (Fsp3) is 0.933. The molecule has 0 aliphatic carbocycles. The second-order valence-corrected chi connectivity index (χ2v) is 6.58. The Kier molecular flexibility index (Phi) is 6.92. The number of nitrogens with two attached hydrogens (primary N) is 1. The number of carbonyl (C=O) groups excluding carboxylic acids is 1. The molecule has 0 saturated carbocycles. The maximum absolute atomic E-state index is 11.4. The highest BCUT2D eigenvalue weighted by atomic mass is 16.1. The summed E-state index contributed by atoms with van der Waals surface area (Å²) in [5, 5.41) is 3.04. The van der Waals surface area contributed by atoms with E-state index in [9.17, 15) is 4.79 Å². The quantitative estimate of drug-likeness (QED) is 0.606. The number of rotatable bonds is 9. The van der Waals surface area contributed by atoms with E-state index in [1.54, 1.807) is 7.05 Å². The minimum absolute atomic E-state index is 0.262. The lowest BCUT2D eigenvalue weighted by molar-refractivity contribution is -0.123. The normalized spacial score (nSPS) is 23.1. The fourth-order valence-electron chi connectivity index (χ4n) is 2.94. The molecule has 0 aromatic heterocycles. The van der Waals surface area contributed by atoms with Crippen LogP contribution in [0, 0.1) is 5.92 Å². The molecule has 5 heteroatoms. The van der Waals surface area contributed by atoms with E-state index in [4.69, 9.17) is 5.73 Å². The third kappa shape index (κ3) is 5.38. The van der Waals surface area contributed by atoms with E-state index in [2.05, 4.69) is 29.2 Å². The first kappa shape index (κ1) is 17.4. The van der Waals surface area contributed by atoms with Gasteiger partial charge >= 0.3 is 0 Å². The molecule has 0 aromatic carbocycles. The molecule has 1 amide bonds. The average molecular weight is 284 g/mol. The van der Waals surface area contributed by atoms with Gasteiger partial charge in [-0.15, -0.1) is 0 Å². The number of hydrogen-bond acceptors (Lipinski definition) is 4. The van der Waals surface area contributed by atoms with Crippen LogP contribution in [0.4, 0.5) is 0 Å². The summed E-state index contributed by atoms with van der Waals surface area (Å²) in [4.78, 5) is 16.2. The van der Waals surface area contributed by atoms with Crippen molar-refractivity contribution in [1.82, 2.24) is 15.1 Å². The molecule has 1 rings (SSSR count). The number of nitrogens with zero attached hydrogens (tertiary/aromatic N) is 2. The standard InChI is InChI=1S/C15H32N4O/c1-15(17-2,14(16)20)8-5-6-9-18(3)11-13-7-10-19(4)12-13/h13,17H,5-12H2,1-4H3,(H2,16,20). The molecule has 3 N–H and O–H groups in total. The molecule has 0 bridgehead atoms. The van der Waals surface area contributed by atoms with Crippen molar-refractivity contribution >= 4 is 5.91 Å². The number of primary amides is 1. The third-order valence-corrected chi connectivity index (χ3v) is 4.62. The molecule has 20 heavy (non-hydrogen) atoms. The van der Waals surface area contributed by atoms with Crippen LogP contribution >= 0.6 is 0 Å². The second-order valence-electron chi connectivity index (χ2n) is 6.58. The number of unbranched alkanes of at least 4 members (excludes halogenated alkanes) is 1. The van der Waals surface area contributed by atoms with Gasteiger partial charge in [-0.3, -0.25) is 4.79 Å². The van der Waals surface area contributed by atoms with Gasteiger partial charge < -0.3 is 20.9 Å². The number of likely N-dealkylation sites (N-methyl/N-ethyl adjacent to an activating group) is 1. The van der Waals surface area contributed by atoms with Gasteiger partial charge in [0.05, 0.1) is 5.54 Å². The Morgan fingerprint density at radius 3 is 2.70 bits per heavy atom. The number of hydrogen-bond donors (Lipinski definition) is 2. The van der Waals surface area contributed by atoms with Gasteiger partial charge in [-0.05, 0) is 72.8 Å². The van der Waals surface area contributed by atoms with Crippen molar-refractivity contribution < 1.29 is 4.79 Å². The molecule has 1 heterocycles. The Balaban J connectivity index is 2.15. The van der Waals surface area contributed by atoms with Gasteiger partial charge in [0.1, 0.15) is 0 Å². The van der Waals surface area contributed by atoms with E-state index in [0.717, 1.165) is 31.7 Å². The Morgan fingerprint density at radius 1 is 1.50 bits per heavy atom. The van der Waals surface area contributed by atoms with Gasteiger partial charge in [-0.2, -0.15) is 0 Å². The van der Waals surface area contributed by atoms with Crippen molar-refractivity contribution in [3.05, 3.63) is 0 Å². The monoisotopic (exact) mass is 284 g/mol. The summed E-state index contributed by atoms with van der Waals surface area (Å²) in [6.07, 6.45) is 4.26. The van der Waals surface area contributed by atoms with Crippen LogP contribution in [0.15, 0.2) is 0 Å². The van der Waals surface area contributed by atoms with Crippen LogP contribution in [0.1, 0.15) is 32.6 Å². The highest BCUT2D eigenvalue weighted by molar-refractivity contribution is 5.84. The second kappa shape index (κ2) is 7.96. The number of carbonyl (C=O) groups is 1. The third-order valence-electron chi connectivity index (χ3n) is 4.62. The minimum atomic E-state index is -0.563. The molecule has 5 nitrogen and oxygen atoms in total. The van der Waals surface area contributed by atoms with Crippen molar-refractivity contribution in [2.75, 3.05) is 47.3 Å². The Morgan fingerprint density at radius 2 is 2.20 bits per heavy atom. The minimum Gasteiger partial charge on any atom is -0.368 e. The fourth-order valence-corrected chi connectivity index (χ4v) is 2.94. The molecule has 2 unspecified atom stereocenters. The van der Waals surface area contributed by atoms with Crippen molar-refractivity contribution in [3.8, 4) is 0 Å². The van der Waals surface area contributed by atoms with E-state index in [1.807, 2.05) is 6.92 Å². The highest BCUT2D eigenvalue weighted by Crippen LogP contribution is 2.16. The van der Waals surface area contributed by atoms with Gasteiger partial charge in [0.2, 0.25) is 5.91 Å². The summed E-state index contributed by atoms with van der Waals surface area (Å²) >= 11 is 0. The molecule has 118 valence electrons. The zero-order valence-corrected chi connectivity index (χ0v) is 13.6. The van der Waals surface area contributed by atoms with E-state index >= 15 is 0 Å². The van der Waals surface area contributed by atoms with E-state index in [-0.39, 0.29) is 5.91 Å². The summed E-state index contributed by atoms with van der Waals surface area (Å²) in [7, 11) is 6.19. The SMILES string of the molecule is CNC(C)(CCCCN(C)CC1CCN(C)C1)C(N)=O. The highest BCUT2D eigenvalue weighted by Gasteiger charge is 2.28. The lowest BCUT2D eigenvalue weighted by Crippen LogP contribution is -2.51. The number of amides is 1. The van der Waals surface area contributed by atoms with Crippen LogP contribution in [0.5, 0.6) is 0 Å². The first-order chi connectivity index (χ1) is 9.37. The van der Waals surface area contributed by atoms with Crippen LogP contribution in [-0.4, -0.2) is 68.6 Å². The summed E-state index contributed by atoms with van der Waals surface area (Å²) in [6, 6.07) is 0. The first-order valence-corrected chi connectivity index (χ1v) is 7.73. The number of nitrogens with one attached hydrogen (secondary N) is 1. The van der Waals surface area contributed by atoms with Crippen LogP contribution in [0.2, 0.25) is 0 Å². The molecule has 0 aromatic rings. The summed E-state index contributed by atoms with van der Waals surface area (Å²) < 4.78 is 0. The smallest absolute Gasteiger partial charge is 0.237 e. The predicted octanol–water partition coefficient (Wildman–Crippen LogP) is 0.504. The van der Waals surface area contributed by atoms with E-state index in [0.29, 0.717) is 0 Å². The van der Waals surface area contributed by atoms with Gasteiger partial charge in [0, 0.05) is 13.1 Å². The van der Waals surface area contributed by atoms with E-state index < -0.39 is 5.54 Å². The predicted molar refractivity (Wildman–Crippen MR) is 83.6 cm³/mol. The summed E-state index contributed by atoms with van der Waals surface area (Å²) in [5.41, 5.74) is 4.87. The molecule has 1 saturated heterocycles. The van der Waals surface area contributed by atoms with Crippen molar-refractivity contribution in [1.29, 1.82) is 0 Å². The van der Waals surface area contributed by atoms with Crippen LogP contribution in [-0.2, 0) is 4.79 Å². The first-order valence-electron chi connectivity index (χ1n) is 7.73. The summed E-state index contributed by atoms with van der Waals surface area (Å²) in [6.45, 7) is 6.62. The molecular formula is C15H32N4O. The van der Waals surface area contributed by atoms with Gasteiger partial charge in [0.25, 0.3) is 0 Å². The maximum atomic E-state index is 11.4. The van der Waals surface area contributed by atoms with Crippen LogP contribution in [0.3, 0.4) is 0 Å². The Hall–Kier alpha value is -0.650. The lowest BCUT2D eigenvalue weighted by atomic mass is 9.94. The Labute approximate surface area is 123 Å². The summed E-state index contributed by atoms with van der Waals surface area (Å²) in [5.74, 6) is 0.556. The largest absolute Gasteiger partial charge is 0.368 e. The molecule has 1 aliphatic heterocycles. The maximum Gasteiger partial charge on any atom is 0.237 e. The molecule has 1 aliphatic rings. The van der Waals surface area contributed by atoms with E-state index in [1.165, 1.54) is 26.1 Å². The molecule has 0 radical (unpaired) electrons. The van der Waals surface area contributed by atoms with Crippen molar-refractivity contribution in [2.24, 2.45) is 11.7 Å². The van der Waals surface area contributed by atoms with Crippen molar-refractivity contribution in [3.63, 3.8) is 0 Å². The van der Waals surface area contributed by atoms with Crippen LogP contribution in [0.25, 0.3) is 0 Å².